The van der Waals surface area contributed by atoms with E-state index >= 15 is 0 Å². The van der Waals surface area contributed by atoms with Crippen LogP contribution in [0.15, 0.2) is 42.9 Å². The molecule has 0 aliphatic carbocycles. The van der Waals surface area contributed by atoms with Crippen LogP contribution in [-0.2, 0) is 18.4 Å². The van der Waals surface area contributed by atoms with Gasteiger partial charge in [0.2, 0.25) is 5.91 Å². The standard InChI is InChI=1S/C19H18FN5O2/c1-24-11-22-16-6-13(8-21-18(16)24)19(27)23-15-7-17(26)25(10-15)9-12-2-4-14(20)5-3-12/h2-6,8,11,15H,7,9-10H2,1H3,(H,23,27). The Kier molecular flexibility index (Phi) is 4.31. The Balaban J connectivity index is 1.41. The molecular formula is C19H18FN5O2. The lowest BCUT2D eigenvalue weighted by Gasteiger charge is -2.17. The molecule has 8 heteroatoms. The second-order valence-corrected chi connectivity index (χ2v) is 6.70. The number of amides is 2. The van der Waals surface area contributed by atoms with E-state index in [1.807, 2.05) is 7.05 Å². The first-order valence-corrected chi connectivity index (χ1v) is 8.60. The van der Waals surface area contributed by atoms with Crippen LogP contribution >= 0.6 is 0 Å². The van der Waals surface area contributed by atoms with E-state index in [9.17, 15) is 14.0 Å². The van der Waals surface area contributed by atoms with E-state index in [2.05, 4.69) is 15.3 Å². The third-order valence-corrected chi connectivity index (χ3v) is 4.65. The maximum absolute atomic E-state index is 13.0. The first kappa shape index (κ1) is 17.1. The van der Waals surface area contributed by atoms with Gasteiger partial charge in [-0.05, 0) is 23.8 Å². The number of carbonyl (C=O) groups is 2. The lowest BCUT2D eigenvalue weighted by Crippen LogP contribution is -2.37. The van der Waals surface area contributed by atoms with Crippen LogP contribution in [0, 0.1) is 5.82 Å². The van der Waals surface area contributed by atoms with Gasteiger partial charge in [-0.15, -0.1) is 0 Å². The van der Waals surface area contributed by atoms with Gasteiger partial charge in [-0.25, -0.2) is 14.4 Å². The van der Waals surface area contributed by atoms with E-state index in [-0.39, 0.29) is 30.1 Å². The Morgan fingerprint density at radius 1 is 1.30 bits per heavy atom. The molecule has 2 amide bonds. The molecule has 0 radical (unpaired) electrons. The normalized spacial score (nSPS) is 16.9. The van der Waals surface area contributed by atoms with Gasteiger partial charge in [0.15, 0.2) is 5.65 Å². The van der Waals surface area contributed by atoms with Gasteiger partial charge in [0, 0.05) is 32.8 Å². The molecule has 27 heavy (non-hydrogen) atoms. The minimum Gasteiger partial charge on any atom is -0.347 e. The Morgan fingerprint density at radius 2 is 2.07 bits per heavy atom. The average molecular weight is 367 g/mol. The van der Waals surface area contributed by atoms with E-state index in [1.54, 1.807) is 34.0 Å². The van der Waals surface area contributed by atoms with E-state index in [0.717, 1.165) is 5.56 Å². The van der Waals surface area contributed by atoms with Crippen molar-refractivity contribution in [1.29, 1.82) is 0 Å². The third kappa shape index (κ3) is 3.51. The fourth-order valence-electron chi connectivity index (χ4n) is 3.24. The quantitative estimate of drug-likeness (QED) is 0.760. The minimum atomic E-state index is -0.310. The molecule has 1 unspecified atom stereocenters. The first-order chi connectivity index (χ1) is 13.0. The molecule has 7 nitrogen and oxygen atoms in total. The van der Waals surface area contributed by atoms with Crippen LogP contribution in [0.3, 0.4) is 0 Å². The molecule has 0 saturated carbocycles. The van der Waals surface area contributed by atoms with Crippen molar-refractivity contribution in [2.24, 2.45) is 7.05 Å². The summed E-state index contributed by atoms with van der Waals surface area (Å²) in [7, 11) is 1.84. The monoisotopic (exact) mass is 367 g/mol. The topological polar surface area (TPSA) is 80.1 Å². The Hall–Kier alpha value is -3.29. The fourth-order valence-corrected chi connectivity index (χ4v) is 3.24. The predicted octanol–water partition coefficient (Wildman–Crippen LogP) is 1.64. The van der Waals surface area contributed by atoms with Crippen molar-refractivity contribution < 1.29 is 14.0 Å². The van der Waals surface area contributed by atoms with E-state index in [4.69, 9.17) is 0 Å². The number of imidazole rings is 1. The molecule has 0 spiro atoms. The Morgan fingerprint density at radius 3 is 2.85 bits per heavy atom. The number of hydrogen-bond acceptors (Lipinski definition) is 4. The number of rotatable bonds is 4. The molecule has 1 atom stereocenters. The average Bonchev–Trinajstić information content (AvgIpc) is 3.19. The highest BCUT2D eigenvalue weighted by Gasteiger charge is 2.30. The van der Waals surface area contributed by atoms with Gasteiger partial charge in [-0.2, -0.15) is 0 Å². The molecule has 4 rings (SSSR count). The van der Waals surface area contributed by atoms with Gasteiger partial charge in [-0.1, -0.05) is 12.1 Å². The second kappa shape index (κ2) is 6.79. The molecule has 1 aliphatic heterocycles. The number of halogens is 1. The number of nitrogens with zero attached hydrogens (tertiary/aromatic N) is 4. The van der Waals surface area contributed by atoms with Crippen LogP contribution in [0.2, 0.25) is 0 Å². The molecule has 1 aliphatic rings. The van der Waals surface area contributed by atoms with Crippen LogP contribution < -0.4 is 5.32 Å². The number of fused-ring (bicyclic) bond motifs is 1. The molecule has 0 bridgehead atoms. The molecule has 1 aromatic carbocycles. The first-order valence-electron chi connectivity index (χ1n) is 8.60. The molecule has 1 N–H and O–H groups in total. The maximum atomic E-state index is 13.0. The minimum absolute atomic E-state index is 0.0390. The van der Waals surface area contributed by atoms with E-state index in [1.165, 1.54) is 18.3 Å². The fraction of sp³-hybridized carbons (Fsp3) is 0.263. The predicted molar refractivity (Wildman–Crippen MR) is 96.2 cm³/mol. The number of aryl methyl sites for hydroxylation is 1. The van der Waals surface area contributed by atoms with Crippen molar-refractivity contribution in [2.75, 3.05) is 6.54 Å². The SMILES string of the molecule is Cn1cnc2cc(C(=O)NC3CC(=O)N(Cc4ccc(F)cc4)C3)cnc21. The number of pyridine rings is 1. The number of carbonyl (C=O) groups excluding carboxylic acids is 2. The number of aromatic nitrogens is 3. The smallest absolute Gasteiger partial charge is 0.253 e. The third-order valence-electron chi connectivity index (χ3n) is 4.65. The second-order valence-electron chi connectivity index (χ2n) is 6.70. The highest BCUT2D eigenvalue weighted by atomic mass is 19.1. The Bertz CT molecular complexity index is 1010. The van der Waals surface area contributed by atoms with Crippen LogP contribution in [-0.4, -0.2) is 43.8 Å². The van der Waals surface area contributed by atoms with Crippen LogP contribution in [0.5, 0.6) is 0 Å². The molecule has 1 fully saturated rings. The van der Waals surface area contributed by atoms with Crippen molar-refractivity contribution in [1.82, 2.24) is 24.8 Å². The lowest BCUT2D eigenvalue weighted by atomic mass is 10.2. The van der Waals surface area contributed by atoms with E-state index in [0.29, 0.717) is 29.8 Å². The molecule has 3 heterocycles. The molecule has 2 aromatic heterocycles. The summed E-state index contributed by atoms with van der Waals surface area (Å²) in [6.07, 6.45) is 3.39. The summed E-state index contributed by atoms with van der Waals surface area (Å²) in [5.41, 5.74) is 2.60. The van der Waals surface area contributed by atoms with Gasteiger partial charge >= 0.3 is 0 Å². The van der Waals surface area contributed by atoms with Crippen molar-refractivity contribution in [3.63, 3.8) is 0 Å². The highest BCUT2D eigenvalue weighted by molar-refractivity contribution is 5.97. The van der Waals surface area contributed by atoms with E-state index < -0.39 is 0 Å². The van der Waals surface area contributed by atoms with Gasteiger partial charge in [0.1, 0.15) is 11.3 Å². The van der Waals surface area contributed by atoms with Crippen LogP contribution in [0.1, 0.15) is 22.3 Å². The lowest BCUT2D eigenvalue weighted by molar-refractivity contribution is -0.128. The summed E-state index contributed by atoms with van der Waals surface area (Å²) < 4.78 is 14.8. The van der Waals surface area contributed by atoms with Gasteiger partial charge in [0.05, 0.1) is 17.9 Å². The summed E-state index contributed by atoms with van der Waals surface area (Å²) in [4.78, 5) is 34.9. The van der Waals surface area contributed by atoms with Crippen molar-refractivity contribution in [3.05, 3.63) is 59.8 Å². The van der Waals surface area contributed by atoms with Gasteiger partial charge in [-0.3, -0.25) is 9.59 Å². The molecule has 138 valence electrons. The molecular weight excluding hydrogens is 349 g/mol. The zero-order valence-corrected chi connectivity index (χ0v) is 14.7. The Labute approximate surface area is 154 Å². The van der Waals surface area contributed by atoms with Gasteiger partial charge < -0.3 is 14.8 Å². The maximum Gasteiger partial charge on any atom is 0.253 e. The van der Waals surface area contributed by atoms with Crippen LogP contribution in [0.4, 0.5) is 4.39 Å². The van der Waals surface area contributed by atoms with Crippen molar-refractivity contribution in [3.8, 4) is 0 Å². The van der Waals surface area contributed by atoms with Crippen molar-refractivity contribution >= 4 is 23.0 Å². The summed E-state index contributed by atoms with van der Waals surface area (Å²) in [5.74, 6) is -0.630. The largest absolute Gasteiger partial charge is 0.347 e. The number of hydrogen-bond donors (Lipinski definition) is 1. The zero-order valence-electron chi connectivity index (χ0n) is 14.7. The summed E-state index contributed by atoms with van der Waals surface area (Å²) in [6.45, 7) is 0.814. The molecule has 1 saturated heterocycles. The molecule has 3 aromatic rings. The summed E-state index contributed by atoms with van der Waals surface area (Å²) >= 11 is 0. The summed E-state index contributed by atoms with van der Waals surface area (Å²) in [5, 5.41) is 2.89. The van der Waals surface area contributed by atoms with Crippen LogP contribution in [0.25, 0.3) is 11.2 Å². The van der Waals surface area contributed by atoms with Crippen molar-refractivity contribution in [2.45, 2.75) is 19.0 Å². The zero-order chi connectivity index (χ0) is 19.0. The number of nitrogens with one attached hydrogen (secondary N) is 1. The number of likely N-dealkylation sites (tertiary alicyclic amines) is 1. The van der Waals surface area contributed by atoms with Gasteiger partial charge in [0.25, 0.3) is 5.91 Å². The summed E-state index contributed by atoms with van der Waals surface area (Å²) in [6, 6.07) is 7.46. The highest BCUT2D eigenvalue weighted by Crippen LogP contribution is 2.17. The number of benzene rings is 1.